The van der Waals surface area contributed by atoms with Crippen LogP contribution in [-0.2, 0) is 23.6 Å². The zero-order valence-electron chi connectivity index (χ0n) is 10.8. The Morgan fingerprint density at radius 2 is 2.05 bits per heavy atom. The second kappa shape index (κ2) is 5.02. The third kappa shape index (κ3) is 2.94. The number of sulfonamides is 1. The van der Waals surface area contributed by atoms with E-state index in [0.717, 1.165) is 11.3 Å². The summed E-state index contributed by atoms with van der Waals surface area (Å²) in [5.41, 5.74) is 7.54. The predicted molar refractivity (Wildman–Crippen MR) is 72.8 cm³/mol. The molecule has 7 heteroatoms. The third-order valence-corrected chi connectivity index (χ3v) is 4.25. The minimum atomic E-state index is -3.61. The molecule has 0 radical (unpaired) electrons. The summed E-state index contributed by atoms with van der Waals surface area (Å²) in [5.74, 6) is 0. The van der Waals surface area contributed by atoms with E-state index in [0.29, 0.717) is 0 Å². The number of nitrogens with two attached hydrogens (primary N) is 1. The highest BCUT2D eigenvalue weighted by atomic mass is 32.2. The van der Waals surface area contributed by atoms with Gasteiger partial charge in [0.25, 0.3) is 0 Å². The molecule has 1 heterocycles. The molecule has 19 heavy (non-hydrogen) atoms. The van der Waals surface area contributed by atoms with Crippen molar-refractivity contribution < 1.29 is 8.42 Å². The van der Waals surface area contributed by atoms with Crippen molar-refractivity contribution in [3.05, 3.63) is 41.7 Å². The maximum absolute atomic E-state index is 12.1. The summed E-state index contributed by atoms with van der Waals surface area (Å²) in [6.45, 7) is 2.02. The molecule has 6 nitrogen and oxygen atoms in total. The summed E-state index contributed by atoms with van der Waals surface area (Å²) in [6.07, 6.45) is 1.78. The van der Waals surface area contributed by atoms with E-state index in [-0.39, 0.29) is 17.1 Å². The van der Waals surface area contributed by atoms with E-state index < -0.39 is 10.0 Å². The molecule has 0 aliphatic rings. The Hall–Kier alpha value is -1.86. The molecular weight excluding hydrogens is 264 g/mol. The standard InChI is InChI=1S/C12H16N4O2S/c1-9-10(8-16(2)15-9)7-14-19(17,18)12-6-4-3-5-11(12)13/h3-6,8,14H,7,13H2,1-2H3. The van der Waals surface area contributed by atoms with Crippen LogP contribution < -0.4 is 10.5 Å². The van der Waals surface area contributed by atoms with Gasteiger partial charge in [0.05, 0.1) is 11.4 Å². The monoisotopic (exact) mass is 280 g/mol. The van der Waals surface area contributed by atoms with Crippen molar-refractivity contribution in [2.45, 2.75) is 18.4 Å². The van der Waals surface area contributed by atoms with Gasteiger partial charge in [-0.3, -0.25) is 4.68 Å². The van der Waals surface area contributed by atoms with Crippen molar-refractivity contribution in [3.63, 3.8) is 0 Å². The first-order chi connectivity index (χ1) is 8.90. The molecule has 0 atom stereocenters. The number of rotatable bonds is 4. The van der Waals surface area contributed by atoms with Gasteiger partial charge in [0.2, 0.25) is 10.0 Å². The summed E-state index contributed by atoms with van der Waals surface area (Å²) in [6, 6.07) is 6.37. The molecule has 0 spiro atoms. The number of hydrogen-bond donors (Lipinski definition) is 2. The summed E-state index contributed by atoms with van der Waals surface area (Å²) in [4.78, 5) is 0.0940. The molecule has 2 aromatic rings. The normalized spacial score (nSPS) is 11.7. The molecular formula is C12H16N4O2S. The number of nitrogens with one attached hydrogen (secondary N) is 1. The van der Waals surface area contributed by atoms with Crippen LogP contribution >= 0.6 is 0 Å². The summed E-state index contributed by atoms with van der Waals surface area (Å²) in [7, 11) is -1.82. The first-order valence-electron chi connectivity index (χ1n) is 5.73. The maximum atomic E-state index is 12.1. The summed E-state index contributed by atoms with van der Waals surface area (Å²) >= 11 is 0. The molecule has 0 unspecified atom stereocenters. The Morgan fingerprint density at radius 1 is 1.37 bits per heavy atom. The Labute approximate surface area is 112 Å². The Bertz CT molecular complexity index is 692. The highest BCUT2D eigenvalue weighted by molar-refractivity contribution is 7.89. The van der Waals surface area contributed by atoms with E-state index >= 15 is 0 Å². The van der Waals surface area contributed by atoms with E-state index in [1.165, 1.54) is 6.07 Å². The molecule has 1 aromatic carbocycles. The van der Waals surface area contributed by atoms with Crippen LogP contribution in [0.2, 0.25) is 0 Å². The zero-order valence-corrected chi connectivity index (χ0v) is 11.6. The minimum absolute atomic E-state index is 0.0940. The van der Waals surface area contributed by atoms with Crippen LogP contribution in [-0.4, -0.2) is 18.2 Å². The molecule has 0 bridgehead atoms. The Kier molecular flexibility index (Phi) is 3.59. The molecule has 3 N–H and O–H groups in total. The number of anilines is 1. The largest absolute Gasteiger partial charge is 0.398 e. The van der Waals surface area contributed by atoms with Crippen LogP contribution in [0.4, 0.5) is 5.69 Å². The van der Waals surface area contributed by atoms with Crippen LogP contribution in [0.5, 0.6) is 0 Å². The van der Waals surface area contributed by atoms with Gasteiger partial charge in [0, 0.05) is 25.4 Å². The number of nitrogen functional groups attached to an aromatic ring is 1. The van der Waals surface area contributed by atoms with Gasteiger partial charge in [-0.25, -0.2) is 13.1 Å². The van der Waals surface area contributed by atoms with Crippen LogP contribution in [0.15, 0.2) is 35.4 Å². The van der Waals surface area contributed by atoms with Gasteiger partial charge in [-0.05, 0) is 19.1 Å². The highest BCUT2D eigenvalue weighted by Gasteiger charge is 2.17. The predicted octanol–water partition coefficient (Wildman–Crippen LogP) is 0.789. The lowest BCUT2D eigenvalue weighted by molar-refractivity contribution is 0.581. The van der Waals surface area contributed by atoms with Crippen LogP contribution in [0.1, 0.15) is 11.3 Å². The molecule has 0 fully saturated rings. The highest BCUT2D eigenvalue weighted by Crippen LogP contribution is 2.17. The van der Waals surface area contributed by atoms with E-state index in [1.54, 1.807) is 36.1 Å². The molecule has 0 amide bonds. The van der Waals surface area contributed by atoms with E-state index in [9.17, 15) is 8.42 Å². The van der Waals surface area contributed by atoms with Gasteiger partial charge >= 0.3 is 0 Å². The van der Waals surface area contributed by atoms with Crippen molar-refractivity contribution in [2.75, 3.05) is 5.73 Å². The molecule has 1 aromatic heterocycles. The van der Waals surface area contributed by atoms with Crippen molar-refractivity contribution in [2.24, 2.45) is 7.05 Å². The first-order valence-corrected chi connectivity index (χ1v) is 7.22. The summed E-state index contributed by atoms with van der Waals surface area (Å²) in [5, 5.41) is 4.16. The second-order valence-corrected chi connectivity index (χ2v) is 6.01. The van der Waals surface area contributed by atoms with Crippen LogP contribution in [0.25, 0.3) is 0 Å². The molecule has 2 rings (SSSR count). The third-order valence-electron chi connectivity index (χ3n) is 2.78. The quantitative estimate of drug-likeness (QED) is 0.810. The fraction of sp³-hybridized carbons (Fsp3) is 0.250. The van der Waals surface area contributed by atoms with Crippen molar-refractivity contribution in [1.82, 2.24) is 14.5 Å². The Morgan fingerprint density at radius 3 is 2.63 bits per heavy atom. The lowest BCUT2D eigenvalue weighted by Crippen LogP contribution is -2.24. The topological polar surface area (TPSA) is 90.0 Å². The summed E-state index contributed by atoms with van der Waals surface area (Å²) < 4.78 is 28.4. The van der Waals surface area contributed by atoms with Gasteiger partial charge in [-0.1, -0.05) is 12.1 Å². The maximum Gasteiger partial charge on any atom is 0.242 e. The van der Waals surface area contributed by atoms with E-state index in [1.807, 2.05) is 6.92 Å². The van der Waals surface area contributed by atoms with Gasteiger partial charge in [0.15, 0.2) is 0 Å². The molecule has 0 aliphatic heterocycles. The number of aryl methyl sites for hydroxylation is 2. The van der Waals surface area contributed by atoms with Gasteiger partial charge in [0.1, 0.15) is 4.90 Å². The van der Waals surface area contributed by atoms with E-state index in [2.05, 4.69) is 9.82 Å². The first kappa shape index (κ1) is 13.6. The van der Waals surface area contributed by atoms with Crippen LogP contribution in [0.3, 0.4) is 0 Å². The van der Waals surface area contributed by atoms with E-state index in [4.69, 9.17) is 5.73 Å². The molecule has 0 saturated heterocycles. The van der Waals surface area contributed by atoms with Gasteiger partial charge in [-0.15, -0.1) is 0 Å². The smallest absolute Gasteiger partial charge is 0.242 e. The number of aromatic nitrogens is 2. The van der Waals surface area contributed by atoms with Crippen LogP contribution in [0, 0.1) is 6.92 Å². The molecule has 102 valence electrons. The minimum Gasteiger partial charge on any atom is -0.398 e. The average molecular weight is 280 g/mol. The lowest BCUT2D eigenvalue weighted by atomic mass is 10.3. The Balaban J connectivity index is 2.19. The van der Waals surface area contributed by atoms with Gasteiger partial charge in [-0.2, -0.15) is 5.10 Å². The van der Waals surface area contributed by atoms with Crippen molar-refractivity contribution in [1.29, 1.82) is 0 Å². The fourth-order valence-corrected chi connectivity index (χ4v) is 2.94. The average Bonchev–Trinajstić information content (AvgIpc) is 2.66. The number of hydrogen-bond acceptors (Lipinski definition) is 4. The second-order valence-electron chi connectivity index (χ2n) is 4.28. The number of nitrogens with zero attached hydrogens (tertiary/aromatic N) is 2. The van der Waals surface area contributed by atoms with Crippen molar-refractivity contribution in [3.8, 4) is 0 Å². The number of para-hydroxylation sites is 1. The zero-order chi connectivity index (χ0) is 14.0. The fourth-order valence-electron chi connectivity index (χ4n) is 1.80. The molecule has 0 saturated carbocycles. The molecule has 0 aliphatic carbocycles. The van der Waals surface area contributed by atoms with Crippen molar-refractivity contribution >= 4 is 15.7 Å². The number of benzene rings is 1. The lowest BCUT2D eigenvalue weighted by Gasteiger charge is -2.08. The van der Waals surface area contributed by atoms with Gasteiger partial charge < -0.3 is 5.73 Å². The SMILES string of the molecule is Cc1nn(C)cc1CNS(=O)(=O)c1ccccc1N.